The van der Waals surface area contributed by atoms with E-state index in [4.69, 9.17) is 15.2 Å². The summed E-state index contributed by atoms with van der Waals surface area (Å²) >= 11 is 0. The van der Waals surface area contributed by atoms with Gasteiger partial charge < -0.3 is 25.4 Å². The summed E-state index contributed by atoms with van der Waals surface area (Å²) in [7, 11) is -3.33. The molecule has 17 heteroatoms. The Kier molecular flexibility index (Phi) is 10.0. The van der Waals surface area contributed by atoms with Crippen molar-refractivity contribution in [1.29, 1.82) is 0 Å². The van der Waals surface area contributed by atoms with Crippen LogP contribution in [0.5, 0.6) is 5.88 Å². The predicted octanol–water partition coefficient (Wildman–Crippen LogP) is 3.89. The molecule has 6 rings (SSSR count). The van der Waals surface area contributed by atoms with E-state index in [2.05, 4.69) is 20.4 Å². The molecule has 2 atom stereocenters. The number of anilines is 2. The van der Waals surface area contributed by atoms with Crippen LogP contribution in [0.15, 0.2) is 36.5 Å². The minimum atomic E-state index is -4.85. The summed E-state index contributed by atoms with van der Waals surface area (Å²) in [5.41, 5.74) is 7.36. The molecule has 3 N–H and O–H groups in total. The largest absolute Gasteiger partial charge is 0.465 e. The van der Waals surface area contributed by atoms with Crippen LogP contribution in [0.25, 0.3) is 5.69 Å². The molecule has 3 saturated heterocycles. The number of rotatable bonds is 9. The molecule has 0 aliphatic carbocycles. The number of esters is 1. The summed E-state index contributed by atoms with van der Waals surface area (Å²) in [5, 5.41) is 7.69. The van der Waals surface area contributed by atoms with Gasteiger partial charge >= 0.3 is 12.1 Å². The third-order valence-electron chi connectivity index (χ3n) is 10.0. The number of sulfonamides is 1. The van der Waals surface area contributed by atoms with Gasteiger partial charge in [0, 0.05) is 50.6 Å². The van der Waals surface area contributed by atoms with E-state index in [0.717, 1.165) is 18.4 Å². The normalized spacial score (nSPS) is 21.0. The Hall–Kier alpha value is -3.96. The van der Waals surface area contributed by atoms with Crippen LogP contribution in [0.1, 0.15) is 67.9 Å². The van der Waals surface area contributed by atoms with E-state index in [0.29, 0.717) is 70.1 Å². The van der Waals surface area contributed by atoms with Crippen molar-refractivity contribution < 1.29 is 35.9 Å². The number of nitrogens with one attached hydrogen (secondary N) is 1. The zero-order chi connectivity index (χ0) is 35.8. The summed E-state index contributed by atoms with van der Waals surface area (Å²) in [4.78, 5) is 22.6. The summed E-state index contributed by atoms with van der Waals surface area (Å²) in [6.07, 6.45) is -1.29. The maximum Gasteiger partial charge on any atom is 0.429 e. The Morgan fingerprint density at radius 3 is 2.46 bits per heavy atom. The van der Waals surface area contributed by atoms with Crippen molar-refractivity contribution in [2.75, 3.05) is 56.2 Å². The topological polar surface area (TPSA) is 158 Å². The molecular weight excluding hydrogens is 677 g/mol. The third-order valence-corrected chi connectivity index (χ3v) is 11.3. The molecule has 3 aromatic rings. The minimum absolute atomic E-state index is 0.0494. The Labute approximate surface area is 289 Å². The molecule has 1 aromatic carbocycles. The SMILES string of the molecule is CCOC(=O)[C@@H]1CC2(CCN(c3cc(O[C@H](c4ccc(C5CCN(S(C)(=O)=O)CC5)cc4-n4ccc(C)n4)C(F)(F)F)nc(N)n3)CC2)CN1. The van der Waals surface area contributed by atoms with Gasteiger partial charge in [0.15, 0.2) is 0 Å². The van der Waals surface area contributed by atoms with Crippen LogP contribution in [0, 0.1) is 12.3 Å². The number of piperidine rings is 2. The molecule has 3 aliphatic rings. The maximum absolute atomic E-state index is 14.9. The quantitative estimate of drug-likeness (QED) is 0.309. The van der Waals surface area contributed by atoms with Crippen LogP contribution < -0.4 is 20.7 Å². The van der Waals surface area contributed by atoms with Crippen molar-refractivity contribution in [3.8, 4) is 11.6 Å². The van der Waals surface area contributed by atoms with Crippen molar-refractivity contribution in [3.63, 3.8) is 0 Å². The Morgan fingerprint density at radius 2 is 1.84 bits per heavy atom. The van der Waals surface area contributed by atoms with Gasteiger partial charge in [0.05, 0.1) is 24.2 Å². The number of halogens is 3. The molecule has 3 aliphatic heterocycles. The number of alkyl halides is 3. The average molecular weight is 721 g/mol. The molecule has 0 radical (unpaired) electrons. The lowest BCUT2D eigenvalue weighted by Gasteiger charge is -2.39. The van der Waals surface area contributed by atoms with E-state index in [-0.39, 0.29) is 46.4 Å². The molecule has 272 valence electrons. The van der Waals surface area contributed by atoms with Crippen molar-refractivity contribution in [2.24, 2.45) is 5.41 Å². The van der Waals surface area contributed by atoms with Gasteiger partial charge in [-0.05, 0) is 75.0 Å². The second kappa shape index (κ2) is 14.0. The van der Waals surface area contributed by atoms with E-state index >= 15 is 0 Å². The lowest BCUT2D eigenvalue weighted by atomic mass is 9.76. The van der Waals surface area contributed by atoms with Gasteiger partial charge in [-0.1, -0.05) is 12.1 Å². The third kappa shape index (κ3) is 7.84. The molecule has 50 heavy (non-hydrogen) atoms. The maximum atomic E-state index is 14.9. The van der Waals surface area contributed by atoms with E-state index in [1.54, 1.807) is 38.2 Å². The standard InChI is InChI=1S/C33H43F3N8O5S/c1-4-48-30(45)25-19-32(20-38-25)10-15-42(16-11-32)27-18-28(40-31(37)39-27)49-29(33(34,35)36)24-6-5-23(17-26(24)44-14-7-21(2)41-44)22-8-12-43(13-9-22)50(3,46)47/h5-7,14,17-18,22,25,29,38H,4,8-13,15-16,19-20H2,1-3H3,(H2,37,39,40)/t25-,29+/m0/s1. The van der Waals surface area contributed by atoms with E-state index < -0.39 is 22.3 Å². The number of hydrogen-bond donors (Lipinski definition) is 2. The van der Waals surface area contributed by atoms with Crippen LogP contribution in [0.4, 0.5) is 24.9 Å². The first-order chi connectivity index (χ1) is 23.6. The number of aryl methyl sites for hydroxylation is 1. The van der Waals surface area contributed by atoms with Crippen molar-refractivity contribution in [2.45, 2.75) is 70.2 Å². The number of nitrogen functional groups attached to an aromatic ring is 1. The molecule has 13 nitrogen and oxygen atoms in total. The Balaban J connectivity index is 1.24. The molecular formula is C33H43F3N8O5S. The monoisotopic (exact) mass is 720 g/mol. The van der Waals surface area contributed by atoms with Gasteiger partial charge in [0.25, 0.3) is 0 Å². The van der Waals surface area contributed by atoms with Crippen molar-refractivity contribution in [3.05, 3.63) is 53.3 Å². The van der Waals surface area contributed by atoms with Gasteiger partial charge in [0.2, 0.25) is 28.0 Å². The highest BCUT2D eigenvalue weighted by atomic mass is 32.2. The molecule has 3 fully saturated rings. The molecule has 1 spiro atoms. The Morgan fingerprint density at radius 1 is 1.12 bits per heavy atom. The summed E-state index contributed by atoms with van der Waals surface area (Å²) in [6.45, 7) is 6.29. The second-order valence-electron chi connectivity index (χ2n) is 13.5. The van der Waals surface area contributed by atoms with Gasteiger partial charge in [-0.15, -0.1) is 0 Å². The van der Waals surface area contributed by atoms with Crippen LogP contribution in [0.2, 0.25) is 0 Å². The molecule has 0 unspecified atom stereocenters. The number of carbonyl (C=O) groups is 1. The predicted molar refractivity (Wildman–Crippen MR) is 179 cm³/mol. The highest BCUT2D eigenvalue weighted by Crippen LogP contribution is 2.43. The molecule has 0 saturated carbocycles. The number of aromatic nitrogens is 4. The van der Waals surface area contributed by atoms with Crippen molar-refractivity contribution in [1.82, 2.24) is 29.4 Å². The first-order valence-corrected chi connectivity index (χ1v) is 18.6. The smallest absolute Gasteiger partial charge is 0.429 e. The number of hydrogen-bond acceptors (Lipinski definition) is 11. The zero-order valence-electron chi connectivity index (χ0n) is 28.3. The van der Waals surface area contributed by atoms with Gasteiger partial charge in [-0.2, -0.15) is 28.2 Å². The fourth-order valence-electron chi connectivity index (χ4n) is 7.30. The minimum Gasteiger partial charge on any atom is -0.465 e. The Bertz CT molecular complexity index is 1800. The summed E-state index contributed by atoms with van der Waals surface area (Å²) < 4.78 is 82.5. The van der Waals surface area contributed by atoms with E-state index in [9.17, 15) is 26.4 Å². The number of nitrogens with two attached hydrogens (primary N) is 1. The fourth-order valence-corrected chi connectivity index (χ4v) is 8.18. The first-order valence-electron chi connectivity index (χ1n) is 16.8. The molecule has 0 amide bonds. The number of nitrogens with zero attached hydrogens (tertiary/aromatic N) is 6. The van der Waals surface area contributed by atoms with E-state index in [1.165, 1.54) is 27.4 Å². The summed E-state index contributed by atoms with van der Waals surface area (Å²) in [6, 6.07) is 7.45. The lowest BCUT2D eigenvalue weighted by Crippen LogP contribution is -2.41. The van der Waals surface area contributed by atoms with Crippen LogP contribution in [-0.2, 0) is 19.6 Å². The zero-order valence-corrected chi connectivity index (χ0v) is 29.1. The highest BCUT2D eigenvalue weighted by Gasteiger charge is 2.46. The van der Waals surface area contributed by atoms with Gasteiger partial charge in [-0.25, -0.2) is 17.4 Å². The van der Waals surface area contributed by atoms with Crippen LogP contribution in [-0.4, -0.2) is 96.2 Å². The first kappa shape index (κ1) is 35.9. The van der Waals surface area contributed by atoms with Crippen molar-refractivity contribution >= 4 is 27.8 Å². The molecule has 2 aromatic heterocycles. The van der Waals surface area contributed by atoms with Gasteiger partial charge in [-0.3, -0.25) is 4.79 Å². The summed E-state index contributed by atoms with van der Waals surface area (Å²) in [5.74, 6) is -0.490. The highest BCUT2D eigenvalue weighted by molar-refractivity contribution is 7.88. The van der Waals surface area contributed by atoms with Crippen LogP contribution >= 0.6 is 0 Å². The number of carbonyl (C=O) groups excluding carboxylic acids is 1. The van der Waals surface area contributed by atoms with Gasteiger partial charge in [0.1, 0.15) is 11.9 Å². The fraction of sp³-hybridized carbons (Fsp3) is 0.576. The van der Waals surface area contributed by atoms with Crippen LogP contribution in [0.3, 0.4) is 0 Å². The lowest BCUT2D eigenvalue weighted by molar-refractivity contribution is -0.198. The number of benzene rings is 1. The van der Waals surface area contributed by atoms with E-state index in [1.807, 2.05) is 4.90 Å². The second-order valence-corrected chi connectivity index (χ2v) is 15.5. The number of ether oxygens (including phenoxy) is 2. The molecule has 0 bridgehead atoms. The molecule has 5 heterocycles. The average Bonchev–Trinajstić information content (AvgIpc) is 3.69.